The van der Waals surface area contributed by atoms with Crippen LogP contribution in [0.5, 0.6) is 5.75 Å². The second kappa shape index (κ2) is 9.42. The molecule has 7 nitrogen and oxygen atoms in total. The minimum atomic E-state index is -0.486. The lowest BCUT2D eigenvalue weighted by Crippen LogP contribution is -2.35. The summed E-state index contributed by atoms with van der Waals surface area (Å²) in [6.45, 7) is 0.226. The van der Waals surface area contributed by atoms with Crippen LogP contribution in [0.3, 0.4) is 0 Å². The highest BCUT2D eigenvalue weighted by molar-refractivity contribution is 8.27. The van der Waals surface area contributed by atoms with Gasteiger partial charge < -0.3 is 4.74 Å². The molecule has 0 bridgehead atoms. The minimum Gasteiger partial charge on any atom is -0.489 e. The summed E-state index contributed by atoms with van der Waals surface area (Å²) in [5.74, 6) is 0.0975. The van der Waals surface area contributed by atoms with Crippen molar-refractivity contribution in [3.8, 4) is 5.75 Å². The van der Waals surface area contributed by atoms with E-state index in [0.717, 1.165) is 11.1 Å². The zero-order valence-electron chi connectivity index (χ0n) is 17.4. The van der Waals surface area contributed by atoms with Gasteiger partial charge in [0.25, 0.3) is 5.91 Å². The zero-order valence-corrected chi connectivity index (χ0v) is 19.7. The van der Waals surface area contributed by atoms with E-state index in [-0.39, 0.29) is 18.0 Å². The molecule has 0 spiro atoms. The lowest BCUT2D eigenvalue weighted by Gasteiger charge is -2.20. The van der Waals surface area contributed by atoms with Gasteiger partial charge in [0.1, 0.15) is 17.4 Å². The molecule has 1 amide bonds. The summed E-state index contributed by atoms with van der Waals surface area (Å²) in [6.07, 6.45) is 4.96. The van der Waals surface area contributed by atoms with Gasteiger partial charge in [-0.3, -0.25) is 15.2 Å². The van der Waals surface area contributed by atoms with Crippen molar-refractivity contribution in [1.29, 1.82) is 5.41 Å². The summed E-state index contributed by atoms with van der Waals surface area (Å²) in [6, 6.07) is 16.1. The lowest BCUT2D eigenvalue weighted by molar-refractivity contribution is -0.114. The Morgan fingerprint density at radius 1 is 1.06 bits per heavy atom. The third-order valence-electron chi connectivity index (χ3n) is 5.00. The molecule has 1 aromatic heterocycles. The van der Waals surface area contributed by atoms with E-state index in [2.05, 4.69) is 15.1 Å². The van der Waals surface area contributed by atoms with Crippen LogP contribution in [0.1, 0.15) is 16.7 Å². The van der Waals surface area contributed by atoms with Crippen LogP contribution in [0, 0.1) is 5.41 Å². The molecule has 2 aromatic carbocycles. The van der Waals surface area contributed by atoms with Gasteiger partial charge in [0.15, 0.2) is 5.84 Å². The summed E-state index contributed by atoms with van der Waals surface area (Å²) in [5, 5.41) is 16.4. The molecule has 0 saturated carbocycles. The molecule has 1 N–H and O–H groups in total. The Kier molecular flexibility index (Phi) is 6.19. The van der Waals surface area contributed by atoms with Gasteiger partial charge in [-0.15, -0.1) is 0 Å². The number of aliphatic imine (C=N–C) groups is 1. The molecule has 34 heavy (non-hydrogen) atoms. The third-order valence-corrected chi connectivity index (χ3v) is 6.66. The van der Waals surface area contributed by atoms with Crippen LogP contribution in [0.15, 0.2) is 82.7 Å². The molecule has 3 heterocycles. The van der Waals surface area contributed by atoms with Gasteiger partial charge in [-0.2, -0.15) is 15.1 Å². The quantitative estimate of drug-likeness (QED) is 0.451. The van der Waals surface area contributed by atoms with Gasteiger partial charge in [0.05, 0.1) is 5.57 Å². The number of benzene rings is 2. The van der Waals surface area contributed by atoms with Crippen molar-refractivity contribution in [2.45, 2.75) is 6.61 Å². The van der Waals surface area contributed by atoms with E-state index in [1.54, 1.807) is 67.0 Å². The molecule has 2 aliphatic rings. The maximum Gasteiger partial charge on any atom is 0.283 e. The fourth-order valence-electron chi connectivity index (χ4n) is 3.25. The van der Waals surface area contributed by atoms with Gasteiger partial charge >= 0.3 is 0 Å². The maximum atomic E-state index is 12.6. The SMILES string of the molecule is N=C1C(=Cc2ccc(OCc3c(Cl)cccc3Cl)cc2)C(=O)N=C2SC(c3cccnc3)=NN12. The van der Waals surface area contributed by atoms with Crippen LogP contribution in [0.2, 0.25) is 10.0 Å². The molecule has 0 radical (unpaired) electrons. The van der Waals surface area contributed by atoms with E-state index in [1.807, 2.05) is 6.07 Å². The Morgan fingerprint density at radius 2 is 1.82 bits per heavy atom. The van der Waals surface area contributed by atoms with E-state index < -0.39 is 5.91 Å². The first-order chi connectivity index (χ1) is 16.5. The molecule has 0 unspecified atom stereocenters. The van der Waals surface area contributed by atoms with Gasteiger partial charge in [-0.25, -0.2) is 0 Å². The van der Waals surface area contributed by atoms with Crippen molar-refractivity contribution >= 4 is 63.0 Å². The molecular formula is C24H15Cl2N5O2S. The molecule has 0 atom stereocenters. The first kappa shape index (κ1) is 22.3. The second-order valence-electron chi connectivity index (χ2n) is 7.22. The van der Waals surface area contributed by atoms with E-state index >= 15 is 0 Å². The highest BCUT2D eigenvalue weighted by Gasteiger charge is 2.36. The molecule has 3 aromatic rings. The van der Waals surface area contributed by atoms with Crippen LogP contribution in [-0.4, -0.2) is 31.9 Å². The molecular weight excluding hydrogens is 493 g/mol. The largest absolute Gasteiger partial charge is 0.489 e. The number of aromatic nitrogens is 1. The number of hydrogen-bond donors (Lipinski definition) is 1. The van der Waals surface area contributed by atoms with E-state index in [9.17, 15) is 4.79 Å². The number of hydrogen-bond acceptors (Lipinski definition) is 6. The van der Waals surface area contributed by atoms with Crippen LogP contribution in [-0.2, 0) is 11.4 Å². The van der Waals surface area contributed by atoms with Crippen molar-refractivity contribution in [1.82, 2.24) is 9.99 Å². The molecule has 2 aliphatic heterocycles. The van der Waals surface area contributed by atoms with Crippen LogP contribution >= 0.6 is 35.0 Å². The Bertz CT molecular complexity index is 1370. The predicted molar refractivity (Wildman–Crippen MR) is 136 cm³/mol. The normalized spacial score (nSPS) is 16.4. The number of carbonyl (C=O) groups excluding carboxylic acids is 1. The van der Waals surface area contributed by atoms with Gasteiger partial charge in [0.2, 0.25) is 5.17 Å². The van der Waals surface area contributed by atoms with Crippen LogP contribution < -0.4 is 4.74 Å². The second-order valence-corrected chi connectivity index (χ2v) is 9.00. The number of ether oxygens (including phenoxy) is 1. The van der Waals surface area contributed by atoms with Crippen molar-refractivity contribution in [2.75, 3.05) is 0 Å². The van der Waals surface area contributed by atoms with Crippen molar-refractivity contribution in [2.24, 2.45) is 10.1 Å². The summed E-state index contributed by atoms with van der Waals surface area (Å²) in [7, 11) is 0. The van der Waals surface area contributed by atoms with Gasteiger partial charge in [-0.05, 0) is 59.8 Å². The number of halogens is 2. The molecule has 0 fully saturated rings. The van der Waals surface area contributed by atoms with Crippen LogP contribution in [0.25, 0.3) is 6.08 Å². The number of pyridine rings is 1. The number of hydrazone groups is 1. The number of carbonyl (C=O) groups is 1. The number of amides is 1. The molecule has 10 heteroatoms. The predicted octanol–water partition coefficient (Wildman–Crippen LogP) is 5.63. The average molecular weight is 508 g/mol. The molecule has 168 valence electrons. The van der Waals surface area contributed by atoms with Gasteiger partial charge in [-0.1, -0.05) is 41.4 Å². The Morgan fingerprint density at radius 3 is 2.53 bits per heavy atom. The summed E-state index contributed by atoms with van der Waals surface area (Å²) >= 11 is 13.6. The first-order valence-corrected chi connectivity index (χ1v) is 11.6. The Hall–Kier alpha value is -3.46. The number of fused-ring (bicyclic) bond motifs is 1. The Balaban J connectivity index is 1.32. The topological polar surface area (TPSA) is 91.0 Å². The fraction of sp³-hybridized carbons (Fsp3) is 0.0417. The smallest absolute Gasteiger partial charge is 0.283 e. The average Bonchev–Trinajstić information content (AvgIpc) is 3.27. The van der Waals surface area contributed by atoms with Crippen molar-refractivity contribution in [3.63, 3.8) is 0 Å². The van der Waals surface area contributed by atoms with Gasteiger partial charge in [0, 0.05) is 33.6 Å². The third kappa shape index (κ3) is 4.48. The van der Waals surface area contributed by atoms with E-state index in [4.69, 9.17) is 33.3 Å². The highest BCUT2D eigenvalue weighted by Crippen LogP contribution is 2.31. The Labute approximate surface area is 209 Å². The van der Waals surface area contributed by atoms with E-state index in [0.29, 0.717) is 31.6 Å². The molecule has 0 saturated heterocycles. The van der Waals surface area contributed by atoms with E-state index in [1.165, 1.54) is 16.8 Å². The summed E-state index contributed by atoms with van der Waals surface area (Å²) in [4.78, 5) is 20.8. The van der Waals surface area contributed by atoms with Crippen molar-refractivity contribution < 1.29 is 9.53 Å². The van der Waals surface area contributed by atoms with Crippen LogP contribution in [0.4, 0.5) is 0 Å². The first-order valence-electron chi connectivity index (χ1n) is 10.1. The number of nitrogens with zero attached hydrogens (tertiary/aromatic N) is 4. The molecule has 5 rings (SSSR count). The standard InChI is InChI=1S/C24H15Cl2N5O2S/c25-19-4-1-5-20(26)18(19)13-33-16-8-6-14(7-9-16)11-17-21(27)31-24(29-22(17)32)34-23(30-31)15-3-2-10-28-12-15/h1-12,27H,13H2. The number of rotatable bonds is 5. The number of nitrogens with one attached hydrogen (secondary N) is 1. The molecule has 0 aliphatic carbocycles. The fourth-order valence-corrected chi connectivity index (χ4v) is 4.64. The zero-order chi connectivity index (χ0) is 23.7. The monoisotopic (exact) mass is 507 g/mol. The maximum absolute atomic E-state index is 12.6. The van der Waals surface area contributed by atoms with Crippen molar-refractivity contribution in [3.05, 3.63) is 99.3 Å². The summed E-state index contributed by atoms with van der Waals surface area (Å²) in [5.41, 5.74) is 2.38. The summed E-state index contributed by atoms with van der Waals surface area (Å²) < 4.78 is 5.80. The highest BCUT2D eigenvalue weighted by atomic mass is 35.5. The minimum absolute atomic E-state index is 0.0323. The number of amidine groups is 2. The lowest BCUT2D eigenvalue weighted by atomic mass is 10.1. The number of thioether (sulfide) groups is 1.